The van der Waals surface area contributed by atoms with E-state index in [1.807, 2.05) is 30.7 Å². The molecule has 0 bridgehead atoms. The van der Waals surface area contributed by atoms with E-state index in [0.29, 0.717) is 11.6 Å². The van der Waals surface area contributed by atoms with Crippen LogP contribution in [0.3, 0.4) is 0 Å². The van der Waals surface area contributed by atoms with Crippen molar-refractivity contribution in [3.63, 3.8) is 0 Å². The van der Waals surface area contributed by atoms with E-state index in [9.17, 15) is 4.79 Å². The lowest BCUT2D eigenvalue weighted by molar-refractivity contribution is 0.274. The molecule has 0 spiro atoms. The quantitative estimate of drug-likeness (QED) is 0.656. The van der Waals surface area contributed by atoms with E-state index >= 15 is 0 Å². The molecule has 6 nitrogen and oxygen atoms in total. The summed E-state index contributed by atoms with van der Waals surface area (Å²) in [5.74, 6) is 1.51. The predicted octanol–water partition coefficient (Wildman–Crippen LogP) is 3.91. The molecule has 0 radical (unpaired) electrons. The lowest BCUT2D eigenvalue weighted by atomic mass is 9.72. The highest BCUT2D eigenvalue weighted by molar-refractivity contribution is 5.58. The molecule has 28 heavy (non-hydrogen) atoms. The molecule has 0 amide bonds. The van der Waals surface area contributed by atoms with Gasteiger partial charge in [0.1, 0.15) is 12.2 Å². The van der Waals surface area contributed by atoms with E-state index in [2.05, 4.69) is 29.9 Å². The fourth-order valence-electron chi connectivity index (χ4n) is 3.62. The van der Waals surface area contributed by atoms with Crippen molar-refractivity contribution >= 4 is 11.9 Å². The highest BCUT2D eigenvalue weighted by Crippen LogP contribution is 2.43. The minimum absolute atomic E-state index is 0.0926. The van der Waals surface area contributed by atoms with Crippen molar-refractivity contribution in [3.8, 4) is 0 Å². The van der Waals surface area contributed by atoms with Crippen molar-refractivity contribution in [3.05, 3.63) is 84.1 Å². The van der Waals surface area contributed by atoms with Crippen molar-refractivity contribution in [1.29, 1.82) is 0 Å². The number of hydrogen-bond acceptors (Lipinski definition) is 3. The summed E-state index contributed by atoms with van der Waals surface area (Å²) in [5, 5.41) is 8.39. The summed E-state index contributed by atoms with van der Waals surface area (Å²) in [6.07, 6.45) is 15.9. The van der Waals surface area contributed by atoms with Crippen LogP contribution in [0.4, 0.5) is 0 Å². The number of aromatic nitrogens is 5. The molecule has 0 N–H and O–H groups in total. The van der Waals surface area contributed by atoms with Crippen LogP contribution in [0.2, 0.25) is 0 Å². The Morgan fingerprint density at radius 3 is 2.64 bits per heavy atom. The van der Waals surface area contributed by atoms with Gasteiger partial charge < -0.3 is 4.57 Å². The predicted molar refractivity (Wildman–Crippen MR) is 114 cm³/mol. The molecule has 0 aliphatic heterocycles. The third kappa shape index (κ3) is 3.63. The summed E-state index contributed by atoms with van der Waals surface area (Å²) in [6.45, 7) is 13.7. The molecule has 6 heteroatoms. The highest BCUT2D eigenvalue weighted by atomic mass is 16.1. The van der Waals surface area contributed by atoms with Gasteiger partial charge in [-0.1, -0.05) is 38.3 Å². The van der Waals surface area contributed by atoms with Gasteiger partial charge >= 0.3 is 5.69 Å². The molecule has 1 aliphatic carbocycles. The molecule has 2 heterocycles. The van der Waals surface area contributed by atoms with Crippen molar-refractivity contribution in [2.75, 3.05) is 0 Å². The van der Waals surface area contributed by atoms with Crippen LogP contribution in [0.5, 0.6) is 0 Å². The third-order valence-corrected chi connectivity index (χ3v) is 5.36. The Bertz CT molecular complexity index is 1010. The number of nitrogens with zero attached hydrogens (tertiary/aromatic N) is 5. The van der Waals surface area contributed by atoms with Crippen LogP contribution in [-0.2, 0) is 7.05 Å². The lowest BCUT2D eigenvalue weighted by Gasteiger charge is -2.34. The molecule has 3 rings (SSSR count). The van der Waals surface area contributed by atoms with Gasteiger partial charge in [0.15, 0.2) is 0 Å². The second-order valence-corrected chi connectivity index (χ2v) is 7.18. The van der Waals surface area contributed by atoms with Gasteiger partial charge in [-0.25, -0.2) is 4.79 Å². The van der Waals surface area contributed by atoms with Crippen molar-refractivity contribution < 1.29 is 0 Å². The second-order valence-electron chi connectivity index (χ2n) is 7.18. The Morgan fingerprint density at radius 2 is 2.11 bits per heavy atom. The zero-order chi connectivity index (χ0) is 20.3. The van der Waals surface area contributed by atoms with Gasteiger partial charge in [-0.2, -0.15) is 0 Å². The summed E-state index contributed by atoms with van der Waals surface area (Å²) in [7, 11) is 1.95. The van der Waals surface area contributed by atoms with Crippen molar-refractivity contribution in [2.45, 2.75) is 32.1 Å². The fraction of sp³-hybridized carbons (Fsp3) is 0.318. The molecule has 2 aromatic heterocycles. The van der Waals surface area contributed by atoms with Crippen LogP contribution in [0.1, 0.15) is 36.7 Å². The molecule has 1 atom stereocenters. The summed E-state index contributed by atoms with van der Waals surface area (Å²) in [6, 6.07) is 0. The number of aryl methyl sites for hydroxylation is 2. The molecular weight excluding hydrogens is 350 g/mol. The van der Waals surface area contributed by atoms with Gasteiger partial charge in [-0.05, 0) is 43.4 Å². The zero-order valence-electron chi connectivity index (χ0n) is 16.6. The normalized spacial score (nSPS) is 16.1. The topological polar surface area (TPSA) is 57.6 Å². The van der Waals surface area contributed by atoms with E-state index < -0.39 is 0 Å². The Balaban J connectivity index is 2.00. The zero-order valence-corrected chi connectivity index (χ0v) is 16.6. The van der Waals surface area contributed by atoms with Gasteiger partial charge in [0, 0.05) is 36.8 Å². The molecule has 0 saturated heterocycles. The first kappa shape index (κ1) is 19.6. The number of imidazole rings is 1. The van der Waals surface area contributed by atoms with Crippen molar-refractivity contribution in [2.24, 2.45) is 13.0 Å². The van der Waals surface area contributed by atoms with Crippen LogP contribution in [-0.4, -0.2) is 23.9 Å². The second kappa shape index (κ2) is 8.25. The number of rotatable bonds is 8. The van der Waals surface area contributed by atoms with Gasteiger partial charge in [0.25, 0.3) is 0 Å². The molecule has 0 aromatic carbocycles. The number of allylic oxidation sites excluding steroid dienone is 6. The first-order chi connectivity index (χ1) is 13.5. The van der Waals surface area contributed by atoms with Crippen LogP contribution in [0.25, 0.3) is 11.9 Å². The SMILES string of the molecule is C=C/C=C\n1c(C)cn(C(=C)/C=C(\C=C)C(c2nncn2C)C2CCC2)c1=O. The maximum atomic E-state index is 12.8. The fourth-order valence-corrected chi connectivity index (χ4v) is 3.62. The first-order valence-electron chi connectivity index (χ1n) is 9.44. The van der Waals surface area contributed by atoms with Crippen LogP contribution in [0, 0.1) is 12.8 Å². The summed E-state index contributed by atoms with van der Waals surface area (Å²) in [5.41, 5.74) is 2.26. The summed E-state index contributed by atoms with van der Waals surface area (Å²) < 4.78 is 5.08. The van der Waals surface area contributed by atoms with E-state index in [1.165, 1.54) is 6.42 Å². The van der Waals surface area contributed by atoms with Gasteiger partial charge in [-0.3, -0.25) is 9.13 Å². The summed E-state index contributed by atoms with van der Waals surface area (Å²) in [4.78, 5) is 12.8. The van der Waals surface area contributed by atoms with Crippen LogP contribution >= 0.6 is 0 Å². The molecular formula is C22H27N5O. The first-order valence-corrected chi connectivity index (χ1v) is 9.44. The molecule has 1 unspecified atom stereocenters. The molecule has 2 aromatic rings. The van der Waals surface area contributed by atoms with Crippen molar-refractivity contribution in [1.82, 2.24) is 23.9 Å². The Kier molecular flexibility index (Phi) is 5.78. The lowest BCUT2D eigenvalue weighted by Crippen LogP contribution is -2.25. The third-order valence-electron chi connectivity index (χ3n) is 5.36. The highest BCUT2D eigenvalue weighted by Gasteiger charge is 2.33. The van der Waals surface area contributed by atoms with E-state index in [1.54, 1.807) is 40.0 Å². The average Bonchev–Trinajstić information content (AvgIpc) is 3.17. The molecule has 1 saturated carbocycles. The standard InChI is InChI=1S/C22H27N5O/c1-6-8-12-26-17(4)14-27(22(26)28)16(3)13-18(7-2)20(19-10-9-11-19)21-24-23-15-25(21)5/h6-8,12-15,19-20H,1-3,9-11H2,4-5H3/b12-8-,18-13+. The maximum Gasteiger partial charge on any atom is 0.337 e. The van der Waals surface area contributed by atoms with Gasteiger partial charge in [-0.15, -0.1) is 10.2 Å². The average molecular weight is 377 g/mol. The Labute approximate surface area is 165 Å². The van der Waals surface area contributed by atoms with Gasteiger partial charge in [0.2, 0.25) is 0 Å². The minimum atomic E-state index is -0.167. The summed E-state index contributed by atoms with van der Waals surface area (Å²) >= 11 is 0. The van der Waals surface area contributed by atoms with Crippen LogP contribution < -0.4 is 5.69 Å². The van der Waals surface area contributed by atoms with E-state index in [4.69, 9.17) is 0 Å². The minimum Gasteiger partial charge on any atom is -0.320 e. The Morgan fingerprint density at radius 1 is 1.36 bits per heavy atom. The Hall–Kier alpha value is -3.15. The molecule has 1 fully saturated rings. The molecule has 146 valence electrons. The van der Waals surface area contributed by atoms with Crippen LogP contribution in [0.15, 0.2) is 66.9 Å². The number of hydrogen-bond donors (Lipinski definition) is 0. The smallest absolute Gasteiger partial charge is 0.320 e. The largest absolute Gasteiger partial charge is 0.337 e. The van der Waals surface area contributed by atoms with E-state index in [0.717, 1.165) is 29.9 Å². The molecule has 1 aliphatic rings. The van der Waals surface area contributed by atoms with E-state index in [-0.39, 0.29) is 11.6 Å². The maximum absolute atomic E-state index is 12.8. The van der Waals surface area contributed by atoms with Gasteiger partial charge in [0.05, 0.1) is 0 Å². The monoisotopic (exact) mass is 377 g/mol.